The zero-order chi connectivity index (χ0) is 9.94. The standard InChI is InChI=1S/C12H17N/c1-3-5-6-7-8-9-10-12(4-2)11-13/h3-5,7-8H,6,9-10H2,1-2H3/b5-3-,8-7+,12-4-. The molecule has 0 aliphatic rings. The molecular weight excluding hydrogens is 158 g/mol. The molecule has 0 radical (unpaired) electrons. The van der Waals surface area contributed by atoms with Crippen molar-refractivity contribution in [2.75, 3.05) is 0 Å². The summed E-state index contributed by atoms with van der Waals surface area (Å²) in [5.41, 5.74) is 0.871. The van der Waals surface area contributed by atoms with Crippen LogP contribution in [0, 0.1) is 11.3 Å². The lowest BCUT2D eigenvalue weighted by atomic mass is 10.1. The van der Waals surface area contributed by atoms with Crippen LogP contribution in [0.1, 0.15) is 33.1 Å². The van der Waals surface area contributed by atoms with Crippen LogP contribution in [0.5, 0.6) is 0 Å². The first-order chi connectivity index (χ1) is 6.35. The third-order valence-electron chi connectivity index (χ3n) is 1.75. The summed E-state index contributed by atoms with van der Waals surface area (Å²) in [6.07, 6.45) is 13.1. The van der Waals surface area contributed by atoms with Gasteiger partial charge < -0.3 is 0 Å². The zero-order valence-corrected chi connectivity index (χ0v) is 8.46. The molecule has 0 aromatic rings. The van der Waals surface area contributed by atoms with Crippen molar-refractivity contribution in [3.63, 3.8) is 0 Å². The fraction of sp³-hybridized carbons (Fsp3) is 0.417. The summed E-state index contributed by atoms with van der Waals surface area (Å²) in [6.45, 7) is 3.92. The lowest BCUT2D eigenvalue weighted by Crippen LogP contribution is -1.76. The Bertz CT molecular complexity index is 238. The van der Waals surface area contributed by atoms with Crippen LogP contribution in [0.3, 0.4) is 0 Å². The average molecular weight is 175 g/mol. The summed E-state index contributed by atoms with van der Waals surface area (Å²) in [5, 5.41) is 8.61. The molecule has 1 nitrogen and oxygen atoms in total. The minimum atomic E-state index is 0.860. The Morgan fingerprint density at radius 3 is 2.54 bits per heavy atom. The number of nitrogens with zero attached hydrogens (tertiary/aromatic N) is 1. The van der Waals surface area contributed by atoms with Crippen LogP contribution < -0.4 is 0 Å². The molecule has 0 rings (SSSR count). The summed E-state index contributed by atoms with van der Waals surface area (Å²) in [7, 11) is 0. The summed E-state index contributed by atoms with van der Waals surface area (Å²) >= 11 is 0. The van der Waals surface area contributed by atoms with E-state index in [9.17, 15) is 0 Å². The molecule has 1 heteroatoms. The molecule has 0 saturated carbocycles. The van der Waals surface area contributed by atoms with Crippen LogP contribution in [-0.2, 0) is 0 Å². The fourth-order valence-corrected chi connectivity index (χ4v) is 0.932. The summed E-state index contributed by atoms with van der Waals surface area (Å²) in [6, 6.07) is 2.17. The molecule has 0 fully saturated rings. The van der Waals surface area contributed by atoms with Crippen LogP contribution >= 0.6 is 0 Å². The molecule has 0 N–H and O–H groups in total. The van der Waals surface area contributed by atoms with Crippen LogP contribution in [-0.4, -0.2) is 0 Å². The van der Waals surface area contributed by atoms with E-state index in [0.717, 1.165) is 24.8 Å². The van der Waals surface area contributed by atoms with Gasteiger partial charge in [0.15, 0.2) is 0 Å². The molecule has 13 heavy (non-hydrogen) atoms. The van der Waals surface area contributed by atoms with Crippen molar-refractivity contribution in [2.24, 2.45) is 0 Å². The molecule has 0 atom stereocenters. The van der Waals surface area contributed by atoms with Crippen molar-refractivity contribution >= 4 is 0 Å². The molecule has 0 amide bonds. The Labute approximate surface area is 81.1 Å². The van der Waals surface area contributed by atoms with Gasteiger partial charge in [-0.15, -0.1) is 0 Å². The van der Waals surface area contributed by atoms with Crippen LogP contribution in [0.15, 0.2) is 36.0 Å². The predicted molar refractivity (Wildman–Crippen MR) is 57.2 cm³/mol. The Hall–Kier alpha value is -1.29. The van der Waals surface area contributed by atoms with Gasteiger partial charge in [-0.05, 0) is 33.1 Å². The first-order valence-electron chi connectivity index (χ1n) is 4.66. The minimum absolute atomic E-state index is 0.860. The number of rotatable bonds is 5. The SMILES string of the molecule is C/C=C\C/C=C/CC/C(C#N)=C/C. The van der Waals surface area contributed by atoms with E-state index >= 15 is 0 Å². The smallest absolute Gasteiger partial charge is 0.0943 e. The summed E-state index contributed by atoms with van der Waals surface area (Å²) in [5.74, 6) is 0. The van der Waals surface area contributed by atoms with Crippen molar-refractivity contribution in [2.45, 2.75) is 33.1 Å². The first-order valence-corrected chi connectivity index (χ1v) is 4.66. The largest absolute Gasteiger partial charge is 0.193 e. The molecule has 0 saturated heterocycles. The molecule has 0 aromatic heterocycles. The monoisotopic (exact) mass is 175 g/mol. The Morgan fingerprint density at radius 1 is 1.23 bits per heavy atom. The average Bonchev–Trinajstić information content (AvgIpc) is 2.17. The Kier molecular flexibility index (Phi) is 7.93. The van der Waals surface area contributed by atoms with Gasteiger partial charge in [0.2, 0.25) is 0 Å². The number of nitriles is 1. The minimum Gasteiger partial charge on any atom is -0.193 e. The van der Waals surface area contributed by atoms with E-state index in [1.807, 2.05) is 26.0 Å². The molecule has 0 spiro atoms. The highest BCUT2D eigenvalue weighted by Gasteiger charge is 1.89. The maximum absolute atomic E-state index is 8.61. The second kappa shape index (κ2) is 8.80. The van der Waals surface area contributed by atoms with Crippen molar-refractivity contribution in [3.8, 4) is 6.07 Å². The fourth-order valence-electron chi connectivity index (χ4n) is 0.932. The van der Waals surface area contributed by atoms with Gasteiger partial charge in [0.05, 0.1) is 6.07 Å². The Balaban J connectivity index is 3.56. The number of hydrogen-bond acceptors (Lipinski definition) is 1. The topological polar surface area (TPSA) is 23.8 Å². The van der Waals surface area contributed by atoms with E-state index in [1.54, 1.807) is 0 Å². The van der Waals surface area contributed by atoms with Gasteiger partial charge in [-0.3, -0.25) is 0 Å². The quantitative estimate of drug-likeness (QED) is 0.461. The maximum Gasteiger partial charge on any atom is 0.0943 e. The Morgan fingerprint density at radius 2 is 2.00 bits per heavy atom. The first kappa shape index (κ1) is 11.7. The molecule has 0 bridgehead atoms. The molecular formula is C12H17N. The molecule has 0 aromatic carbocycles. The van der Waals surface area contributed by atoms with E-state index < -0.39 is 0 Å². The lowest BCUT2D eigenvalue weighted by Gasteiger charge is -1.91. The van der Waals surface area contributed by atoms with Crippen LogP contribution in [0.25, 0.3) is 0 Å². The van der Waals surface area contributed by atoms with E-state index in [-0.39, 0.29) is 0 Å². The van der Waals surface area contributed by atoms with E-state index in [2.05, 4.69) is 24.3 Å². The molecule has 0 aliphatic heterocycles. The molecule has 70 valence electrons. The van der Waals surface area contributed by atoms with Crippen LogP contribution in [0.2, 0.25) is 0 Å². The predicted octanol–water partition coefficient (Wildman–Crippen LogP) is 3.76. The zero-order valence-electron chi connectivity index (χ0n) is 8.46. The van der Waals surface area contributed by atoms with Crippen molar-refractivity contribution < 1.29 is 0 Å². The van der Waals surface area contributed by atoms with Gasteiger partial charge in [-0.25, -0.2) is 0 Å². The highest BCUT2D eigenvalue weighted by molar-refractivity contribution is 5.19. The summed E-state index contributed by atoms with van der Waals surface area (Å²) in [4.78, 5) is 0. The molecule has 0 aliphatic carbocycles. The van der Waals surface area contributed by atoms with E-state index in [4.69, 9.17) is 5.26 Å². The highest BCUT2D eigenvalue weighted by atomic mass is 14.2. The third kappa shape index (κ3) is 7.08. The van der Waals surface area contributed by atoms with Gasteiger partial charge in [0.1, 0.15) is 0 Å². The van der Waals surface area contributed by atoms with Gasteiger partial charge in [0, 0.05) is 5.57 Å². The molecule has 0 unspecified atom stereocenters. The van der Waals surface area contributed by atoms with Gasteiger partial charge >= 0.3 is 0 Å². The maximum atomic E-state index is 8.61. The second-order valence-corrected chi connectivity index (χ2v) is 2.74. The van der Waals surface area contributed by atoms with E-state index in [1.165, 1.54) is 0 Å². The van der Waals surface area contributed by atoms with E-state index in [0.29, 0.717) is 0 Å². The number of allylic oxidation sites excluding steroid dienone is 6. The third-order valence-corrected chi connectivity index (χ3v) is 1.75. The van der Waals surface area contributed by atoms with Gasteiger partial charge in [-0.1, -0.05) is 30.4 Å². The van der Waals surface area contributed by atoms with Gasteiger partial charge in [-0.2, -0.15) is 5.26 Å². The van der Waals surface area contributed by atoms with Crippen molar-refractivity contribution in [1.82, 2.24) is 0 Å². The molecule has 0 heterocycles. The van der Waals surface area contributed by atoms with Gasteiger partial charge in [0.25, 0.3) is 0 Å². The van der Waals surface area contributed by atoms with Crippen molar-refractivity contribution in [3.05, 3.63) is 36.0 Å². The normalized spacial score (nSPS) is 12.5. The van der Waals surface area contributed by atoms with Crippen LogP contribution in [0.4, 0.5) is 0 Å². The highest BCUT2D eigenvalue weighted by Crippen LogP contribution is 2.04. The lowest BCUT2D eigenvalue weighted by molar-refractivity contribution is 1.00. The second-order valence-electron chi connectivity index (χ2n) is 2.74. The van der Waals surface area contributed by atoms with Crippen molar-refractivity contribution in [1.29, 1.82) is 5.26 Å². The number of hydrogen-bond donors (Lipinski definition) is 0. The summed E-state index contributed by atoms with van der Waals surface area (Å²) < 4.78 is 0.